The quantitative estimate of drug-likeness (QED) is 0.184. The summed E-state index contributed by atoms with van der Waals surface area (Å²) in [5, 5.41) is 3.30. The Bertz CT molecular complexity index is 1550. The van der Waals surface area contributed by atoms with Crippen LogP contribution in [-0.2, 0) is 27.9 Å². The molecule has 0 radical (unpaired) electrons. The number of imidazole rings is 1. The highest BCUT2D eigenvalue weighted by molar-refractivity contribution is 6.09. The molecule has 206 valence electrons. The maximum Gasteiger partial charge on any atom is 0.435 e. The van der Waals surface area contributed by atoms with E-state index >= 15 is 0 Å². The smallest absolute Gasteiger partial charge is 0.435 e. The van der Waals surface area contributed by atoms with Gasteiger partial charge in [0.05, 0.1) is 31.3 Å². The summed E-state index contributed by atoms with van der Waals surface area (Å²) in [6, 6.07) is 17.4. The van der Waals surface area contributed by atoms with Crippen molar-refractivity contribution < 1.29 is 23.9 Å². The largest absolute Gasteiger partial charge is 0.465 e. The molecule has 0 spiro atoms. The lowest BCUT2D eigenvalue weighted by molar-refractivity contribution is -0.141. The van der Waals surface area contributed by atoms with E-state index in [-0.39, 0.29) is 19.0 Å². The molecule has 0 saturated heterocycles. The van der Waals surface area contributed by atoms with Gasteiger partial charge in [-0.1, -0.05) is 6.07 Å². The Morgan fingerprint density at radius 2 is 1.82 bits per heavy atom. The number of carbonyl (C=O) groups is 3. The Morgan fingerprint density at radius 1 is 1.07 bits per heavy atom. The standard InChI is InChI=1S/C28H29N7O5/c1-4-40-25(36)17-35(23-7-5-6-14-30-23)27(37)19-10-13-22-21(15-19)32-24(34(22)2)16-31-20-11-8-18(9-12-20)26(29)33-28(38)39-3/h5-15,31H,4,16-17H2,1-3H3,(H2,29,33,38). The Hall–Kier alpha value is -5.26. The van der Waals surface area contributed by atoms with Crippen molar-refractivity contribution in [2.24, 2.45) is 17.8 Å². The number of nitrogens with one attached hydrogen (secondary N) is 1. The lowest BCUT2D eigenvalue weighted by atomic mass is 10.1. The van der Waals surface area contributed by atoms with Crippen LogP contribution >= 0.6 is 0 Å². The van der Waals surface area contributed by atoms with Crippen LogP contribution < -0.4 is 16.0 Å². The van der Waals surface area contributed by atoms with Crippen LogP contribution in [0.1, 0.15) is 28.7 Å². The van der Waals surface area contributed by atoms with E-state index in [2.05, 4.69) is 20.0 Å². The Labute approximate surface area is 230 Å². The molecule has 3 N–H and O–H groups in total. The van der Waals surface area contributed by atoms with Crippen LogP contribution in [0.25, 0.3) is 11.0 Å². The maximum absolute atomic E-state index is 13.5. The van der Waals surface area contributed by atoms with Gasteiger partial charge in [0.2, 0.25) is 0 Å². The Kier molecular flexibility index (Phi) is 8.69. The third-order valence-electron chi connectivity index (χ3n) is 6.00. The summed E-state index contributed by atoms with van der Waals surface area (Å²) in [5.74, 6) is 0.219. The number of amidine groups is 1. The minimum atomic E-state index is -0.769. The third kappa shape index (κ3) is 6.41. The number of pyridine rings is 1. The second kappa shape index (κ2) is 12.5. The van der Waals surface area contributed by atoms with Crippen LogP contribution in [0.15, 0.2) is 71.9 Å². The van der Waals surface area contributed by atoms with Crippen molar-refractivity contribution >= 4 is 46.3 Å². The maximum atomic E-state index is 13.5. The first-order valence-corrected chi connectivity index (χ1v) is 12.4. The number of fused-ring (bicyclic) bond motifs is 1. The summed E-state index contributed by atoms with van der Waals surface area (Å²) in [7, 11) is 3.12. The molecule has 0 aliphatic carbocycles. The fourth-order valence-corrected chi connectivity index (χ4v) is 3.95. The highest BCUT2D eigenvalue weighted by Crippen LogP contribution is 2.21. The molecule has 0 atom stereocenters. The minimum Gasteiger partial charge on any atom is -0.465 e. The molecule has 0 bridgehead atoms. The van der Waals surface area contributed by atoms with Crippen LogP contribution in [0.4, 0.5) is 16.3 Å². The first kappa shape index (κ1) is 27.8. The number of nitrogens with two attached hydrogens (primary N) is 1. The molecular weight excluding hydrogens is 514 g/mol. The van der Waals surface area contributed by atoms with Crippen molar-refractivity contribution in [1.29, 1.82) is 0 Å². The number of anilines is 2. The molecule has 4 aromatic rings. The van der Waals surface area contributed by atoms with Crippen LogP contribution in [0.5, 0.6) is 0 Å². The van der Waals surface area contributed by atoms with Crippen LogP contribution in [0.2, 0.25) is 0 Å². The van der Waals surface area contributed by atoms with Crippen LogP contribution in [0.3, 0.4) is 0 Å². The summed E-state index contributed by atoms with van der Waals surface area (Å²) in [6.45, 7) is 2.06. The second-order valence-corrected chi connectivity index (χ2v) is 8.57. The zero-order chi connectivity index (χ0) is 28.6. The van der Waals surface area contributed by atoms with Gasteiger partial charge in [0.1, 0.15) is 24.0 Å². The molecule has 0 aliphatic rings. The molecule has 0 fully saturated rings. The van der Waals surface area contributed by atoms with Gasteiger partial charge < -0.3 is 25.1 Å². The van der Waals surface area contributed by atoms with Gasteiger partial charge in [-0.2, -0.15) is 4.99 Å². The van der Waals surface area contributed by atoms with E-state index in [1.807, 2.05) is 29.8 Å². The van der Waals surface area contributed by atoms with Crippen molar-refractivity contribution in [3.05, 3.63) is 83.8 Å². The van der Waals surface area contributed by atoms with Gasteiger partial charge in [-0.25, -0.2) is 14.8 Å². The molecule has 2 aromatic heterocycles. The Morgan fingerprint density at radius 3 is 2.50 bits per heavy atom. The molecule has 40 heavy (non-hydrogen) atoms. The van der Waals surface area contributed by atoms with Gasteiger partial charge >= 0.3 is 12.1 Å². The minimum absolute atomic E-state index is 0.0583. The van der Waals surface area contributed by atoms with E-state index < -0.39 is 18.0 Å². The van der Waals surface area contributed by atoms with E-state index in [1.165, 1.54) is 12.0 Å². The van der Waals surface area contributed by atoms with Crippen molar-refractivity contribution in [1.82, 2.24) is 14.5 Å². The van der Waals surface area contributed by atoms with Crippen molar-refractivity contribution in [3.8, 4) is 0 Å². The molecule has 2 aromatic carbocycles. The first-order chi connectivity index (χ1) is 19.3. The van der Waals surface area contributed by atoms with Crippen molar-refractivity contribution in [3.63, 3.8) is 0 Å². The molecule has 2 amide bonds. The van der Waals surface area contributed by atoms with Gasteiger partial charge in [0, 0.05) is 30.1 Å². The SMILES string of the molecule is CCOC(=O)CN(C(=O)c1ccc2c(c1)nc(CNc1ccc(C(N)=NC(=O)OC)cc1)n2C)c1ccccn1. The molecule has 0 aliphatic heterocycles. The molecule has 0 saturated carbocycles. The molecule has 0 unspecified atom stereocenters. The summed E-state index contributed by atoms with van der Waals surface area (Å²) >= 11 is 0. The molecule has 12 heteroatoms. The monoisotopic (exact) mass is 543 g/mol. The molecular formula is C28H29N7O5. The summed E-state index contributed by atoms with van der Waals surface area (Å²) < 4.78 is 11.5. The second-order valence-electron chi connectivity index (χ2n) is 8.57. The zero-order valence-electron chi connectivity index (χ0n) is 22.3. The van der Waals surface area contributed by atoms with E-state index in [9.17, 15) is 14.4 Å². The molecule has 2 heterocycles. The number of esters is 1. The lowest BCUT2D eigenvalue weighted by Crippen LogP contribution is -2.37. The fourth-order valence-electron chi connectivity index (χ4n) is 3.95. The first-order valence-electron chi connectivity index (χ1n) is 12.4. The topological polar surface area (TPSA) is 154 Å². The van der Waals surface area contributed by atoms with Crippen molar-refractivity contribution in [2.45, 2.75) is 13.5 Å². The van der Waals surface area contributed by atoms with Crippen molar-refractivity contribution in [2.75, 3.05) is 30.5 Å². The van der Waals surface area contributed by atoms with Gasteiger partial charge in [-0.15, -0.1) is 0 Å². The predicted octanol–water partition coefficient (Wildman–Crippen LogP) is 3.26. The van der Waals surface area contributed by atoms with Gasteiger partial charge in [-0.3, -0.25) is 14.5 Å². The Balaban J connectivity index is 1.52. The number of nitrogens with zero attached hydrogens (tertiary/aromatic N) is 5. The van der Waals surface area contributed by atoms with Gasteiger partial charge in [-0.05, 0) is 61.5 Å². The number of amides is 2. The van der Waals surface area contributed by atoms with E-state index in [1.54, 1.807) is 55.6 Å². The fraction of sp³-hybridized carbons (Fsp3) is 0.214. The average Bonchev–Trinajstić information content (AvgIpc) is 3.29. The molecule has 4 rings (SSSR count). The number of hydrogen-bond acceptors (Lipinski definition) is 8. The van der Waals surface area contributed by atoms with E-state index in [0.29, 0.717) is 29.0 Å². The average molecular weight is 544 g/mol. The summed E-state index contributed by atoms with van der Waals surface area (Å²) in [6.07, 6.45) is 0.787. The number of ether oxygens (including phenoxy) is 2. The number of benzene rings is 2. The predicted molar refractivity (Wildman–Crippen MR) is 150 cm³/mol. The third-order valence-corrected chi connectivity index (χ3v) is 6.00. The summed E-state index contributed by atoms with van der Waals surface area (Å²) in [4.78, 5) is 50.9. The van der Waals surface area contributed by atoms with Crippen LogP contribution in [-0.4, -0.2) is 58.6 Å². The molecule has 12 nitrogen and oxygen atoms in total. The highest BCUT2D eigenvalue weighted by atomic mass is 16.5. The number of aliphatic imine (C=N–C) groups is 1. The van der Waals surface area contributed by atoms with E-state index in [4.69, 9.17) is 15.5 Å². The number of carbonyl (C=O) groups excluding carboxylic acids is 3. The number of hydrogen-bond donors (Lipinski definition) is 2. The normalized spacial score (nSPS) is 11.2. The number of rotatable bonds is 9. The van der Waals surface area contributed by atoms with Gasteiger partial charge in [0.25, 0.3) is 5.91 Å². The number of aromatic nitrogens is 3. The highest BCUT2D eigenvalue weighted by Gasteiger charge is 2.23. The number of methoxy groups -OCH3 is 1. The van der Waals surface area contributed by atoms with E-state index in [0.717, 1.165) is 17.0 Å². The summed E-state index contributed by atoms with van der Waals surface area (Å²) in [5.41, 5.74) is 9.05. The lowest BCUT2D eigenvalue weighted by Gasteiger charge is -2.20. The zero-order valence-corrected chi connectivity index (χ0v) is 22.3. The van der Waals surface area contributed by atoms with Gasteiger partial charge in [0.15, 0.2) is 0 Å². The number of aryl methyl sites for hydroxylation is 1. The van der Waals surface area contributed by atoms with Crippen LogP contribution in [0, 0.1) is 0 Å².